The van der Waals surface area contributed by atoms with Gasteiger partial charge in [-0.25, -0.2) is 9.78 Å². The maximum atomic E-state index is 12.3. The zero-order chi connectivity index (χ0) is 30.7. The third-order valence-electron chi connectivity index (χ3n) is 5.98. The first-order valence-electron chi connectivity index (χ1n) is 14.8. The van der Waals surface area contributed by atoms with Gasteiger partial charge in [-0.05, 0) is 76.3 Å². The van der Waals surface area contributed by atoms with E-state index in [1.165, 1.54) is 12.3 Å². The maximum absolute atomic E-state index is 12.3. The van der Waals surface area contributed by atoms with Crippen molar-refractivity contribution in [2.24, 2.45) is 0 Å². The number of pyridine rings is 1. The second-order valence-corrected chi connectivity index (χ2v) is 9.86. The van der Waals surface area contributed by atoms with Gasteiger partial charge in [0, 0.05) is 19.2 Å². The van der Waals surface area contributed by atoms with Crippen molar-refractivity contribution >= 4 is 29.4 Å². The largest absolute Gasteiger partial charge is 0.480 e. The van der Waals surface area contributed by atoms with Crippen LogP contribution in [0.5, 0.6) is 0 Å². The summed E-state index contributed by atoms with van der Waals surface area (Å²) in [6.45, 7) is 2.60. The van der Waals surface area contributed by atoms with Crippen LogP contribution in [0.2, 0.25) is 5.15 Å². The van der Waals surface area contributed by atoms with Gasteiger partial charge in [-0.2, -0.15) is 0 Å². The number of hydrogen-bond acceptors (Lipinski definition) is 4. The molecule has 0 bridgehead atoms. The van der Waals surface area contributed by atoms with Gasteiger partial charge in [0.15, 0.2) is 0 Å². The Morgan fingerprint density at radius 3 is 1.93 bits per heavy atom. The molecule has 0 aliphatic heterocycles. The maximum Gasteiger partial charge on any atom is 0.326 e. The van der Waals surface area contributed by atoms with E-state index < -0.39 is 17.9 Å². The minimum Gasteiger partial charge on any atom is -0.480 e. The first kappa shape index (κ1) is 36.3. The number of carboxylic acids is 1. The van der Waals surface area contributed by atoms with Crippen molar-refractivity contribution in [3.63, 3.8) is 0 Å². The average Bonchev–Trinajstić information content (AvgIpc) is 2.97. The molecule has 8 heteroatoms. The van der Waals surface area contributed by atoms with Crippen LogP contribution in [-0.2, 0) is 9.59 Å². The van der Waals surface area contributed by atoms with E-state index in [1.54, 1.807) is 6.07 Å². The van der Waals surface area contributed by atoms with Crippen LogP contribution in [0, 0.1) is 0 Å². The van der Waals surface area contributed by atoms with E-state index in [0.717, 1.165) is 38.5 Å². The molecule has 0 saturated carbocycles. The Morgan fingerprint density at radius 1 is 0.857 bits per heavy atom. The number of carboxylic acid groups (broad SMARTS) is 1. The van der Waals surface area contributed by atoms with E-state index in [9.17, 15) is 19.5 Å². The Hall–Kier alpha value is -3.71. The highest BCUT2D eigenvalue weighted by molar-refractivity contribution is 6.32. The predicted molar refractivity (Wildman–Crippen MR) is 172 cm³/mol. The van der Waals surface area contributed by atoms with Crippen LogP contribution in [0.15, 0.2) is 91.2 Å². The summed E-state index contributed by atoms with van der Waals surface area (Å²) in [5.41, 5.74) is 0.129. The van der Waals surface area contributed by atoms with Crippen LogP contribution in [0.4, 0.5) is 0 Å². The van der Waals surface area contributed by atoms with Gasteiger partial charge in [0.1, 0.15) is 11.2 Å². The fourth-order valence-electron chi connectivity index (χ4n) is 3.69. The zero-order valence-corrected chi connectivity index (χ0v) is 25.5. The molecule has 1 aromatic rings. The molecular weight excluding hydrogens is 550 g/mol. The number of aliphatic carboxylic acids is 1. The predicted octanol–water partition coefficient (Wildman–Crippen LogP) is 7.68. The van der Waals surface area contributed by atoms with Crippen molar-refractivity contribution in [1.82, 2.24) is 15.6 Å². The SMILES string of the molecule is CC/C=C\C/C=C\C/C=C\C/C=C\C/C=C\C/C=C\CCC(=O)NCCCC[C@H](NC(=O)c1cccnc1Cl)C(=O)O. The minimum absolute atomic E-state index is 0.0193. The molecule has 1 atom stereocenters. The third-order valence-corrected chi connectivity index (χ3v) is 6.28. The van der Waals surface area contributed by atoms with Gasteiger partial charge in [-0.1, -0.05) is 91.4 Å². The van der Waals surface area contributed by atoms with Crippen LogP contribution >= 0.6 is 11.6 Å². The van der Waals surface area contributed by atoms with Crippen LogP contribution < -0.4 is 10.6 Å². The van der Waals surface area contributed by atoms with Gasteiger partial charge in [0.05, 0.1) is 5.56 Å². The Bertz CT molecular complexity index is 1110. The van der Waals surface area contributed by atoms with Crippen molar-refractivity contribution in [2.45, 2.75) is 83.6 Å². The Kier molecular flexibility index (Phi) is 21.6. The summed E-state index contributed by atoms with van der Waals surface area (Å²) in [5.74, 6) is -1.74. The highest BCUT2D eigenvalue weighted by Gasteiger charge is 2.21. The molecule has 228 valence electrons. The summed E-state index contributed by atoms with van der Waals surface area (Å²) in [6, 6.07) is 2.00. The number of unbranched alkanes of at least 4 members (excludes halogenated alkanes) is 1. The van der Waals surface area contributed by atoms with E-state index in [4.69, 9.17) is 11.6 Å². The summed E-state index contributed by atoms with van der Waals surface area (Å²) in [6.07, 6.45) is 35.5. The summed E-state index contributed by atoms with van der Waals surface area (Å²) < 4.78 is 0. The summed E-state index contributed by atoms with van der Waals surface area (Å²) in [5, 5.41) is 14.8. The number of nitrogens with one attached hydrogen (secondary N) is 2. The molecule has 0 unspecified atom stereocenters. The van der Waals surface area contributed by atoms with Crippen LogP contribution in [0.1, 0.15) is 87.9 Å². The van der Waals surface area contributed by atoms with Crippen LogP contribution in [-0.4, -0.2) is 40.5 Å². The fourth-order valence-corrected chi connectivity index (χ4v) is 3.90. The van der Waals surface area contributed by atoms with Gasteiger partial charge in [0.25, 0.3) is 5.91 Å². The second kappa shape index (κ2) is 25.0. The fraction of sp³-hybridized carbons (Fsp3) is 0.412. The smallest absolute Gasteiger partial charge is 0.326 e. The number of allylic oxidation sites excluding steroid dienone is 12. The van der Waals surface area contributed by atoms with Gasteiger partial charge in [-0.3, -0.25) is 9.59 Å². The van der Waals surface area contributed by atoms with Crippen molar-refractivity contribution in [2.75, 3.05) is 6.54 Å². The highest BCUT2D eigenvalue weighted by Crippen LogP contribution is 2.12. The van der Waals surface area contributed by atoms with E-state index in [2.05, 4.69) is 89.4 Å². The second-order valence-electron chi connectivity index (χ2n) is 9.51. The molecule has 0 spiro atoms. The van der Waals surface area contributed by atoms with Crippen LogP contribution in [0.25, 0.3) is 0 Å². The third kappa shape index (κ3) is 19.4. The molecule has 2 amide bonds. The van der Waals surface area contributed by atoms with Crippen LogP contribution in [0.3, 0.4) is 0 Å². The molecule has 3 N–H and O–H groups in total. The quantitative estimate of drug-likeness (QED) is 0.0723. The number of hydrogen-bond donors (Lipinski definition) is 3. The molecule has 1 rings (SSSR count). The number of amides is 2. The Balaban J connectivity index is 2.07. The molecule has 0 aliphatic rings. The molecule has 0 aliphatic carbocycles. The first-order chi connectivity index (χ1) is 20.5. The number of halogens is 1. The van der Waals surface area contributed by atoms with Crippen molar-refractivity contribution in [3.8, 4) is 0 Å². The highest BCUT2D eigenvalue weighted by atomic mass is 35.5. The molecular formula is C34H46ClN3O4. The number of carbonyl (C=O) groups excluding carboxylic acids is 2. The van der Waals surface area contributed by atoms with Crippen molar-refractivity contribution < 1.29 is 19.5 Å². The summed E-state index contributed by atoms with van der Waals surface area (Å²) in [4.78, 5) is 39.7. The molecule has 0 fully saturated rings. The van der Waals surface area contributed by atoms with Gasteiger partial charge < -0.3 is 15.7 Å². The average molecular weight is 596 g/mol. The van der Waals surface area contributed by atoms with E-state index in [0.29, 0.717) is 32.2 Å². The molecule has 0 radical (unpaired) electrons. The van der Waals surface area contributed by atoms with Crippen molar-refractivity contribution in [3.05, 3.63) is 102 Å². The molecule has 1 heterocycles. The van der Waals surface area contributed by atoms with Gasteiger partial charge in [0.2, 0.25) is 5.91 Å². The lowest BCUT2D eigenvalue weighted by molar-refractivity contribution is -0.139. The molecule has 42 heavy (non-hydrogen) atoms. The lowest BCUT2D eigenvalue weighted by Gasteiger charge is -2.15. The number of carbonyl (C=O) groups is 3. The Morgan fingerprint density at radius 2 is 1.40 bits per heavy atom. The van der Waals surface area contributed by atoms with E-state index >= 15 is 0 Å². The van der Waals surface area contributed by atoms with Gasteiger partial charge in [-0.15, -0.1) is 0 Å². The number of rotatable bonds is 22. The lowest BCUT2D eigenvalue weighted by Crippen LogP contribution is -2.41. The molecule has 1 aromatic heterocycles. The Labute approximate surface area is 256 Å². The van der Waals surface area contributed by atoms with Gasteiger partial charge >= 0.3 is 5.97 Å². The summed E-state index contributed by atoms with van der Waals surface area (Å²) >= 11 is 5.90. The standard InChI is InChI=1S/C34H46ClN3O4/c1-2-3-4-5-6-7-8-9-10-11-12-13-14-15-16-17-18-19-20-26-31(39)36-27-22-21-25-30(34(41)42)38-33(40)29-24-23-28-37-32(29)35/h3-4,6-7,9-10,12-13,15-16,18-19,23-24,28,30H,2,5,8,11,14,17,20-22,25-27H2,1H3,(H,36,39)(H,38,40)(H,41,42)/b4-3-,7-6-,10-9-,13-12-,16-15-,19-18-/t30-/m0/s1. The molecule has 0 aromatic carbocycles. The number of nitrogens with zero attached hydrogens (tertiary/aromatic N) is 1. The van der Waals surface area contributed by atoms with Crippen molar-refractivity contribution in [1.29, 1.82) is 0 Å². The lowest BCUT2D eigenvalue weighted by atomic mass is 10.1. The number of aromatic nitrogens is 1. The summed E-state index contributed by atoms with van der Waals surface area (Å²) in [7, 11) is 0. The first-order valence-corrected chi connectivity index (χ1v) is 15.1. The monoisotopic (exact) mass is 595 g/mol. The molecule has 7 nitrogen and oxygen atoms in total. The topological polar surface area (TPSA) is 108 Å². The molecule has 0 saturated heterocycles. The minimum atomic E-state index is -1.12. The normalized spacial score (nSPS) is 12.9. The van der Waals surface area contributed by atoms with E-state index in [-0.39, 0.29) is 23.0 Å². The van der Waals surface area contributed by atoms with E-state index in [1.807, 2.05) is 6.08 Å². The zero-order valence-electron chi connectivity index (χ0n) is 24.7.